The van der Waals surface area contributed by atoms with Crippen molar-refractivity contribution in [2.45, 2.75) is 6.61 Å². The van der Waals surface area contributed by atoms with Gasteiger partial charge in [0, 0.05) is 7.05 Å². The van der Waals surface area contributed by atoms with Crippen molar-refractivity contribution in [3.05, 3.63) is 58.6 Å². The van der Waals surface area contributed by atoms with E-state index < -0.39 is 11.8 Å². The van der Waals surface area contributed by atoms with Crippen LogP contribution >= 0.6 is 11.6 Å². The van der Waals surface area contributed by atoms with Gasteiger partial charge in [0.15, 0.2) is 11.5 Å². The highest BCUT2D eigenvalue weighted by molar-refractivity contribution is 6.35. The number of carbonyl (C=O) groups excluding carboxylic acids is 2. The number of rotatable bonds is 6. The van der Waals surface area contributed by atoms with E-state index in [0.29, 0.717) is 28.7 Å². The van der Waals surface area contributed by atoms with Crippen LogP contribution in [0.5, 0.6) is 11.5 Å². The van der Waals surface area contributed by atoms with Crippen LogP contribution in [0.15, 0.2) is 47.6 Å². The van der Waals surface area contributed by atoms with Crippen LogP contribution < -0.4 is 20.2 Å². The van der Waals surface area contributed by atoms with E-state index in [1.54, 1.807) is 12.1 Å². The lowest BCUT2D eigenvalue weighted by Crippen LogP contribution is -2.35. The Kier molecular flexibility index (Phi) is 6.99. The van der Waals surface area contributed by atoms with E-state index in [-0.39, 0.29) is 0 Å². The van der Waals surface area contributed by atoms with Gasteiger partial charge < -0.3 is 14.8 Å². The zero-order chi connectivity index (χ0) is 18.9. The lowest BCUT2D eigenvalue weighted by Gasteiger charge is -2.13. The molecule has 2 aromatic rings. The Hall–Kier alpha value is -3.06. The molecule has 7 nitrogen and oxygen atoms in total. The monoisotopic (exact) mass is 375 g/mol. The summed E-state index contributed by atoms with van der Waals surface area (Å²) in [4.78, 5) is 22.4. The molecule has 8 heteroatoms. The molecular formula is C18H18ClN3O4. The Labute approximate surface area is 155 Å². The number of hydrogen-bond donors (Lipinski definition) is 2. The molecule has 0 atom stereocenters. The van der Waals surface area contributed by atoms with E-state index >= 15 is 0 Å². The number of nitrogens with one attached hydrogen (secondary N) is 2. The Morgan fingerprint density at radius 1 is 1.19 bits per heavy atom. The first kappa shape index (κ1) is 19.3. The molecule has 0 radical (unpaired) electrons. The SMILES string of the molecule is CNC(=O)C(=O)N/N=C\c1cc(Cl)c(OCc2ccccc2)c(OC)c1. The Morgan fingerprint density at radius 3 is 2.58 bits per heavy atom. The molecule has 0 saturated carbocycles. The molecule has 0 aliphatic heterocycles. The summed E-state index contributed by atoms with van der Waals surface area (Å²) in [7, 11) is 2.85. The van der Waals surface area contributed by atoms with Gasteiger partial charge >= 0.3 is 11.8 Å². The molecule has 2 rings (SSSR count). The van der Waals surface area contributed by atoms with Crippen LogP contribution in [0.3, 0.4) is 0 Å². The number of carbonyl (C=O) groups is 2. The molecule has 0 fully saturated rings. The highest BCUT2D eigenvalue weighted by Crippen LogP contribution is 2.36. The van der Waals surface area contributed by atoms with Crippen molar-refractivity contribution >= 4 is 29.6 Å². The lowest BCUT2D eigenvalue weighted by atomic mass is 10.2. The third kappa shape index (κ3) is 5.22. The van der Waals surface area contributed by atoms with Crippen LogP contribution in [0.25, 0.3) is 0 Å². The first-order valence-corrected chi connectivity index (χ1v) is 8.02. The average molecular weight is 376 g/mol. The van der Waals surface area contributed by atoms with Gasteiger partial charge in [-0.1, -0.05) is 41.9 Å². The molecule has 0 aliphatic rings. The van der Waals surface area contributed by atoms with Gasteiger partial charge in [-0.2, -0.15) is 5.10 Å². The average Bonchev–Trinajstić information content (AvgIpc) is 2.66. The topological polar surface area (TPSA) is 89.0 Å². The first-order chi connectivity index (χ1) is 12.5. The van der Waals surface area contributed by atoms with Crippen LogP contribution in [0.4, 0.5) is 0 Å². The minimum atomic E-state index is -0.871. The number of benzene rings is 2. The Morgan fingerprint density at radius 2 is 1.92 bits per heavy atom. The summed E-state index contributed by atoms with van der Waals surface area (Å²) in [6.07, 6.45) is 1.34. The van der Waals surface area contributed by atoms with Crippen molar-refractivity contribution in [2.75, 3.05) is 14.2 Å². The quantitative estimate of drug-likeness (QED) is 0.460. The van der Waals surface area contributed by atoms with E-state index in [4.69, 9.17) is 21.1 Å². The fraction of sp³-hybridized carbons (Fsp3) is 0.167. The second kappa shape index (κ2) is 9.43. The Bertz CT molecular complexity index is 810. The van der Waals surface area contributed by atoms with E-state index in [0.717, 1.165) is 5.56 Å². The van der Waals surface area contributed by atoms with Gasteiger partial charge in [0.25, 0.3) is 0 Å². The van der Waals surface area contributed by atoms with Gasteiger partial charge in [-0.05, 0) is 23.3 Å². The van der Waals surface area contributed by atoms with Gasteiger partial charge in [0.2, 0.25) is 0 Å². The van der Waals surface area contributed by atoms with Gasteiger partial charge in [-0.15, -0.1) is 0 Å². The van der Waals surface area contributed by atoms with E-state index in [9.17, 15) is 9.59 Å². The molecule has 0 aromatic heterocycles. The lowest BCUT2D eigenvalue weighted by molar-refractivity contribution is -0.138. The summed E-state index contributed by atoms with van der Waals surface area (Å²) >= 11 is 6.28. The summed E-state index contributed by atoms with van der Waals surface area (Å²) in [6.45, 7) is 0.340. The summed E-state index contributed by atoms with van der Waals surface area (Å²) in [5.74, 6) is -0.830. The molecule has 0 unspecified atom stereocenters. The van der Waals surface area contributed by atoms with Crippen molar-refractivity contribution in [3.8, 4) is 11.5 Å². The van der Waals surface area contributed by atoms with Crippen molar-refractivity contribution in [1.82, 2.24) is 10.7 Å². The molecular weight excluding hydrogens is 358 g/mol. The molecule has 136 valence electrons. The zero-order valence-corrected chi connectivity index (χ0v) is 15.0. The minimum Gasteiger partial charge on any atom is -0.493 e. The molecule has 26 heavy (non-hydrogen) atoms. The third-order valence-electron chi connectivity index (χ3n) is 3.29. The summed E-state index contributed by atoms with van der Waals surface area (Å²) in [6, 6.07) is 12.9. The van der Waals surface area contributed by atoms with Crippen LogP contribution in [-0.4, -0.2) is 32.2 Å². The standard InChI is InChI=1S/C18H18ClN3O4/c1-20-17(23)18(24)22-21-10-13-8-14(19)16(15(9-13)25-2)26-11-12-6-4-3-5-7-12/h3-10H,11H2,1-2H3,(H,20,23)(H,22,24)/b21-10-. The minimum absolute atomic E-state index is 0.333. The van der Waals surface area contributed by atoms with E-state index in [1.165, 1.54) is 20.4 Å². The normalized spacial score (nSPS) is 10.4. The van der Waals surface area contributed by atoms with Crippen molar-refractivity contribution in [1.29, 1.82) is 0 Å². The van der Waals surface area contributed by atoms with Crippen LogP contribution in [0.1, 0.15) is 11.1 Å². The highest BCUT2D eigenvalue weighted by atomic mass is 35.5. The number of ether oxygens (including phenoxy) is 2. The smallest absolute Gasteiger partial charge is 0.329 e. The van der Waals surface area contributed by atoms with Gasteiger partial charge in [0.05, 0.1) is 18.3 Å². The molecule has 0 saturated heterocycles. The largest absolute Gasteiger partial charge is 0.493 e. The summed E-state index contributed by atoms with van der Waals surface area (Å²) in [5, 5.41) is 6.24. The maximum atomic E-state index is 11.3. The Balaban J connectivity index is 2.10. The maximum Gasteiger partial charge on any atom is 0.329 e. The van der Waals surface area contributed by atoms with Gasteiger partial charge in [0.1, 0.15) is 6.61 Å². The third-order valence-corrected chi connectivity index (χ3v) is 3.57. The first-order valence-electron chi connectivity index (χ1n) is 7.64. The number of nitrogens with zero attached hydrogens (tertiary/aromatic N) is 1. The van der Waals surface area contributed by atoms with Crippen molar-refractivity contribution < 1.29 is 19.1 Å². The predicted octanol–water partition coefficient (Wildman–Crippen LogP) is 2.12. The van der Waals surface area contributed by atoms with Gasteiger partial charge in [-0.25, -0.2) is 5.43 Å². The van der Waals surface area contributed by atoms with Crippen molar-refractivity contribution in [3.63, 3.8) is 0 Å². The van der Waals surface area contributed by atoms with E-state index in [1.807, 2.05) is 30.3 Å². The molecule has 2 N–H and O–H groups in total. The number of likely N-dealkylation sites (N-methyl/N-ethyl adjacent to an activating group) is 1. The molecule has 0 aliphatic carbocycles. The number of amides is 2. The van der Waals surface area contributed by atoms with Gasteiger partial charge in [-0.3, -0.25) is 9.59 Å². The number of hydrogen-bond acceptors (Lipinski definition) is 5. The molecule has 0 bridgehead atoms. The second-order valence-electron chi connectivity index (χ2n) is 5.09. The van der Waals surface area contributed by atoms with Crippen LogP contribution in [0, 0.1) is 0 Å². The molecule has 2 aromatic carbocycles. The van der Waals surface area contributed by atoms with Crippen LogP contribution in [-0.2, 0) is 16.2 Å². The number of halogens is 1. The predicted molar refractivity (Wildman–Crippen MR) is 98.6 cm³/mol. The number of hydrazone groups is 1. The maximum absolute atomic E-state index is 11.3. The fourth-order valence-electron chi connectivity index (χ4n) is 2.01. The van der Waals surface area contributed by atoms with Crippen LogP contribution in [0.2, 0.25) is 5.02 Å². The fourth-order valence-corrected chi connectivity index (χ4v) is 2.29. The van der Waals surface area contributed by atoms with Crippen molar-refractivity contribution in [2.24, 2.45) is 5.10 Å². The summed E-state index contributed by atoms with van der Waals surface area (Å²) < 4.78 is 11.1. The summed E-state index contributed by atoms with van der Waals surface area (Å²) in [5.41, 5.74) is 3.66. The molecule has 2 amide bonds. The number of methoxy groups -OCH3 is 1. The highest BCUT2D eigenvalue weighted by Gasteiger charge is 2.12. The molecule has 0 heterocycles. The second-order valence-corrected chi connectivity index (χ2v) is 5.49. The zero-order valence-electron chi connectivity index (χ0n) is 14.3. The van der Waals surface area contributed by atoms with E-state index in [2.05, 4.69) is 15.8 Å². The molecule has 0 spiro atoms.